The second kappa shape index (κ2) is 16.2. The number of nitrogens with zero attached hydrogens (tertiary/aromatic N) is 10. The lowest BCUT2D eigenvalue weighted by Crippen LogP contribution is -2.46. The number of alkyl halides is 1. The molecule has 2 saturated heterocycles. The molecule has 3 atom stereocenters. The summed E-state index contributed by atoms with van der Waals surface area (Å²) in [5.41, 5.74) is 10.5. The number of likely N-dealkylation sites (tertiary alicyclic amines) is 1. The van der Waals surface area contributed by atoms with E-state index in [4.69, 9.17) is 5.10 Å². The van der Waals surface area contributed by atoms with Crippen LogP contribution in [0.4, 0.5) is 27.3 Å². The van der Waals surface area contributed by atoms with Crippen molar-refractivity contribution in [3.05, 3.63) is 125 Å². The first kappa shape index (κ1) is 41.3. The molecule has 336 valence electrons. The van der Waals surface area contributed by atoms with Gasteiger partial charge in [-0.1, -0.05) is 24.3 Å². The topological polar surface area (TPSA) is 149 Å². The Morgan fingerprint density at radius 2 is 1.64 bits per heavy atom. The molecule has 66 heavy (non-hydrogen) atoms. The summed E-state index contributed by atoms with van der Waals surface area (Å²) in [7, 11) is 5.02. The number of hydrogen-bond donors (Lipinski definition) is 2. The smallest absolute Gasteiger partial charge is 0.329 e. The average molecular weight is 890 g/mol. The minimum atomic E-state index is -1.01. The number of likely N-dealkylation sites (N-methyl/N-ethyl adjacent to an activating group) is 1. The summed E-state index contributed by atoms with van der Waals surface area (Å²) in [5.74, 6) is -0.283. The lowest BCUT2D eigenvalue weighted by atomic mass is 10.0. The van der Waals surface area contributed by atoms with Gasteiger partial charge in [0, 0.05) is 109 Å². The fourth-order valence-corrected chi connectivity index (χ4v) is 9.87. The maximum atomic E-state index is 13.6. The summed E-state index contributed by atoms with van der Waals surface area (Å²) in [4.78, 5) is 64.2. The molecule has 11 rings (SSSR count). The quantitative estimate of drug-likeness (QED) is 0.148. The zero-order chi connectivity index (χ0) is 45.4. The lowest BCUT2D eigenvalue weighted by Gasteiger charge is -2.36. The first-order valence-electron chi connectivity index (χ1n) is 22.5. The predicted molar refractivity (Wildman–Crippen MR) is 248 cm³/mol. The number of halogens is 1. The molecule has 0 bridgehead atoms. The van der Waals surface area contributed by atoms with Crippen LogP contribution in [0.1, 0.15) is 46.9 Å². The van der Waals surface area contributed by atoms with Gasteiger partial charge >= 0.3 is 5.69 Å². The third-order valence-corrected chi connectivity index (χ3v) is 13.8. The van der Waals surface area contributed by atoms with Crippen molar-refractivity contribution in [3.8, 4) is 16.8 Å². The highest BCUT2D eigenvalue weighted by Gasteiger charge is 2.40. The number of carbonyl (C=O) groups is 3. The van der Waals surface area contributed by atoms with Gasteiger partial charge in [-0.2, -0.15) is 4.57 Å². The van der Waals surface area contributed by atoms with E-state index < -0.39 is 24.2 Å². The number of piperidine rings is 1. The monoisotopic (exact) mass is 889 g/mol. The summed E-state index contributed by atoms with van der Waals surface area (Å²) in [6.45, 7) is 5.27. The van der Waals surface area contributed by atoms with Crippen LogP contribution in [0.25, 0.3) is 33.5 Å². The number of hydrogen-bond acceptors (Lipinski definition) is 10. The average Bonchev–Trinajstić information content (AvgIpc) is 3.62. The Hall–Kier alpha value is -7.40. The molecule has 0 spiro atoms. The number of nitrogens with one attached hydrogen (secondary N) is 2. The highest BCUT2D eigenvalue weighted by Crippen LogP contribution is 2.37. The molecule has 1 unspecified atom stereocenters. The summed E-state index contributed by atoms with van der Waals surface area (Å²) >= 11 is 0. The van der Waals surface area contributed by atoms with E-state index in [1.54, 1.807) is 16.1 Å². The SMILES string of the molecule is CNc1cc(N2CCc3c2cccc3-[n+]2ccc(CN3CCN(c4ccc(-c5ccc6c(c5)n(C)c(=O)n6C5CCC(=O)N(C)C5=O)cc4)CC3)cc2)nn2c(C(=O)N[C@@H]3C[C@@H]3F)cnc12. The van der Waals surface area contributed by atoms with E-state index in [1.165, 1.54) is 34.6 Å². The molecule has 4 aromatic heterocycles. The molecule has 2 N–H and O–H groups in total. The third-order valence-electron chi connectivity index (χ3n) is 13.8. The van der Waals surface area contributed by atoms with Gasteiger partial charge in [0.25, 0.3) is 11.8 Å². The Morgan fingerprint density at radius 1 is 0.879 bits per heavy atom. The Bertz CT molecular complexity index is 3130. The van der Waals surface area contributed by atoms with Crippen LogP contribution in [0.5, 0.6) is 0 Å². The van der Waals surface area contributed by atoms with Crippen LogP contribution >= 0.6 is 0 Å². The Labute approximate surface area is 379 Å². The molecule has 3 amide bonds. The van der Waals surface area contributed by atoms with Crippen LogP contribution in [0, 0.1) is 0 Å². The molecular formula is C49H50FN12O4+. The minimum Gasteiger partial charge on any atom is -0.385 e. The molecule has 1 aliphatic carbocycles. The van der Waals surface area contributed by atoms with E-state index >= 15 is 0 Å². The summed E-state index contributed by atoms with van der Waals surface area (Å²) in [6, 6.07) is 26.0. The third kappa shape index (κ3) is 7.13. The number of pyridine rings is 1. The maximum absolute atomic E-state index is 13.6. The second-order valence-electron chi connectivity index (χ2n) is 17.7. The van der Waals surface area contributed by atoms with Gasteiger partial charge in [-0.25, -0.2) is 18.7 Å². The van der Waals surface area contributed by atoms with Gasteiger partial charge in [-0.15, -0.1) is 5.10 Å². The Morgan fingerprint density at radius 3 is 2.38 bits per heavy atom. The fourth-order valence-electron chi connectivity index (χ4n) is 9.87. The fraction of sp³-hybridized carbons (Fsp3) is 0.327. The van der Waals surface area contributed by atoms with E-state index in [0.29, 0.717) is 29.8 Å². The van der Waals surface area contributed by atoms with E-state index in [1.807, 2.05) is 31.3 Å². The number of fused-ring (bicyclic) bond motifs is 3. The highest BCUT2D eigenvalue weighted by atomic mass is 19.1. The van der Waals surface area contributed by atoms with Gasteiger partial charge in [0.1, 0.15) is 12.2 Å². The predicted octanol–water partition coefficient (Wildman–Crippen LogP) is 4.54. The van der Waals surface area contributed by atoms with Gasteiger partial charge in [-0.05, 0) is 59.9 Å². The maximum Gasteiger partial charge on any atom is 0.329 e. The molecule has 4 aliphatic rings. The van der Waals surface area contributed by atoms with Crippen LogP contribution in [0.15, 0.2) is 102 Å². The lowest BCUT2D eigenvalue weighted by molar-refractivity contribution is -0.596. The molecule has 16 nitrogen and oxygen atoms in total. The largest absolute Gasteiger partial charge is 0.385 e. The molecule has 7 heterocycles. The number of benzene rings is 3. The summed E-state index contributed by atoms with van der Waals surface area (Å²) < 4.78 is 20.4. The molecule has 3 fully saturated rings. The zero-order valence-electron chi connectivity index (χ0n) is 37.0. The van der Waals surface area contributed by atoms with E-state index in [-0.39, 0.29) is 29.6 Å². The number of piperazine rings is 1. The van der Waals surface area contributed by atoms with Crippen molar-refractivity contribution in [2.24, 2.45) is 7.05 Å². The van der Waals surface area contributed by atoms with Crippen molar-refractivity contribution in [1.29, 1.82) is 0 Å². The van der Waals surface area contributed by atoms with E-state index in [9.17, 15) is 23.6 Å². The molecule has 3 aromatic carbocycles. The first-order chi connectivity index (χ1) is 32.0. The number of amides is 3. The number of aromatic nitrogens is 6. The molecule has 0 radical (unpaired) electrons. The number of imide groups is 1. The highest BCUT2D eigenvalue weighted by molar-refractivity contribution is 6.00. The Balaban J connectivity index is 0.732. The first-order valence-corrected chi connectivity index (χ1v) is 22.5. The van der Waals surface area contributed by atoms with Gasteiger partial charge in [0.2, 0.25) is 11.6 Å². The number of anilines is 4. The minimum absolute atomic E-state index is 0.222. The van der Waals surface area contributed by atoms with Crippen molar-refractivity contribution in [1.82, 2.24) is 38.8 Å². The normalized spacial score (nSPS) is 19.8. The molecular weight excluding hydrogens is 840 g/mol. The van der Waals surface area contributed by atoms with Crippen LogP contribution < -0.4 is 30.7 Å². The molecule has 17 heteroatoms. The number of rotatable bonds is 10. The summed E-state index contributed by atoms with van der Waals surface area (Å²) in [6.07, 6.45) is 6.45. The van der Waals surface area contributed by atoms with Crippen LogP contribution in [-0.4, -0.2) is 110 Å². The van der Waals surface area contributed by atoms with Crippen molar-refractivity contribution in [2.75, 3.05) is 61.9 Å². The van der Waals surface area contributed by atoms with E-state index in [2.05, 4.69) is 102 Å². The van der Waals surface area contributed by atoms with Crippen molar-refractivity contribution < 1.29 is 23.3 Å². The van der Waals surface area contributed by atoms with Gasteiger partial charge in [-0.3, -0.25) is 33.3 Å². The number of imidazole rings is 2. The van der Waals surface area contributed by atoms with Gasteiger partial charge < -0.3 is 20.4 Å². The Kier molecular flexibility index (Phi) is 10.2. The standard InChI is InChI=1S/C49H49FN12O4/c1-51-37-27-44(54-62-43(28-52-46(37)62)47(64)53-36-26-35(36)50)60-20-17-34-38(5-4-6-39(34)60)59-18-15-30(16-19-59)29-57-21-23-58(24-22-57)33-10-7-31(8-11-33)32-9-12-40-42(25-32)55(2)49(66)61(40)41-13-14-45(63)56(3)48(41)65/h4-12,15-16,18-19,25,27-28,35-36,41H,13-14,17,20-24,26,29H2,1-3H3,(H-,51,53,54,64)/p+1/t35-,36+,41?/m0/s1. The number of carbonyl (C=O) groups excluding carboxylic acids is 3. The van der Waals surface area contributed by atoms with Crippen molar-refractivity contribution in [2.45, 2.75) is 50.5 Å². The zero-order valence-corrected chi connectivity index (χ0v) is 37.0. The van der Waals surface area contributed by atoms with Crippen LogP contribution in [0.2, 0.25) is 0 Å². The van der Waals surface area contributed by atoms with Gasteiger partial charge in [0.05, 0.1) is 34.6 Å². The molecule has 7 aromatic rings. The second-order valence-corrected chi connectivity index (χ2v) is 17.7. The van der Waals surface area contributed by atoms with Crippen molar-refractivity contribution in [3.63, 3.8) is 0 Å². The molecule has 1 saturated carbocycles. The number of aryl methyl sites for hydroxylation is 1. The van der Waals surface area contributed by atoms with Crippen molar-refractivity contribution >= 4 is 57.3 Å². The molecule has 3 aliphatic heterocycles. The van der Waals surface area contributed by atoms with E-state index in [0.717, 1.165) is 84.3 Å². The summed E-state index contributed by atoms with van der Waals surface area (Å²) in [5, 5.41) is 10.8. The van der Waals surface area contributed by atoms with Crippen LogP contribution in [0.3, 0.4) is 0 Å². The van der Waals surface area contributed by atoms with Gasteiger partial charge in [0.15, 0.2) is 29.6 Å². The van der Waals surface area contributed by atoms with Crippen LogP contribution in [-0.2, 0) is 29.6 Å².